The van der Waals surface area contributed by atoms with Gasteiger partial charge in [-0.2, -0.15) is 0 Å². The summed E-state index contributed by atoms with van der Waals surface area (Å²) in [6, 6.07) is 16.2. The molecule has 0 amide bonds. The monoisotopic (exact) mass is 321 g/mol. The van der Waals surface area contributed by atoms with Gasteiger partial charge in [-0.3, -0.25) is 0 Å². The van der Waals surface area contributed by atoms with Crippen molar-refractivity contribution in [3.8, 4) is 0 Å². The number of hydrogen-bond donors (Lipinski definition) is 1. The van der Waals surface area contributed by atoms with Gasteiger partial charge in [-0.05, 0) is 61.4 Å². The standard InChI is InChI=1S/C23H31N/c1-18-12-15-22-20(17-18)14-13-19-9-6-7-10-21(19)23(22)11-5-3-2-4-8-16-24/h6-7,9-10,12,15,17,23H,2-5,8,11,13-14,16,24H2,1H3. The van der Waals surface area contributed by atoms with E-state index >= 15 is 0 Å². The van der Waals surface area contributed by atoms with Gasteiger partial charge in [0.1, 0.15) is 0 Å². The Kier molecular flexibility index (Phi) is 6.09. The smallest absolute Gasteiger partial charge is 0.00948 e. The van der Waals surface area contributed by atoms with Gasteiger partial charge in [0.25, 0.3) is 0 Å². The summed E-state index contributed by atoms with van der Waals surface area (Å²) < 4.78 is 0. The lowest BCUT2D eigenvalue weighted by molar-refractivity contribution is 0.573. The maximum Gasteiger partial charge on any atom is 0.00948 e. The van der Waals surface area contributed by atoms with Gasteiger partial charge in [0.05, 0.1) is 0 Å². The van der Waals surface area contributed by atoms with Crippen molar-refractivity contribution in [2.24, 2.45) is 5.73 Å². The molecule has 1 aliphatic rings. The van der Waals surface area contributed by atoms with E-state index in [1.54, 1.807) is 22.3 Å². The highest BCUT2D eigenvalue weighted by Crippen LogP contribution is 2.38. The highest BCUT2D eigenvalue weighted by molar-refractivity contribution is 5.46. The molecular weight excluding hydrogens is 290 g/mol. The molecule has 1 heteroatoms. The molecule has 2 aromatic rings. The van der Waals surface area contributed by atoms with Gasteiger partial charge in [0, 0.05) is 5.92 Å². The van der Waals surface area contributed by atoms with Crippen LogP contribution in [0.5, 0.6) is 0 Å². The second-order valence-electron chi connectivity index (χ2n) is 7.30. The van der Waals surface area contributed by atoms with Crippen molar-refractivity contribution in [3.63, 3.8) is 0 Å². The molecule has 1 nitrogen and oxygen atoms in total. The Labute approximate surface area is 147 Å². The Morgan fingerprint density at radius 2 is 1.54 bits per heavy atom. The number of hydrogen-bond acceptors (Lipinski definition) is 1. The zero-order valence-corrected chi connectivity index (χ0v) is 15.1. The van der Waals surface area contributed by atoms with Crippen molar-refractivity contribution >= 4 is 0 Å². The molecule has 0 saturated heterocycles. The molecule has 0 aliphatic heterocycles. The zero-order valence-electron chi connectivity index (χ0n) is 15.1. The molecule has 3 rings (SSSR count). The van der Waals surface area contributed by atoms with Crippen molar-refractivity contribution in [1.29, 1.82) is 0 Å². The molecule has 1 aliphatic carbocycles. The topological polar surface area (TPSA) is 26.0 Å². The fourth-order valence-electron chi connectivity index (χ4n) is 4.16. The van der Waals surface area contributed by atoms with Crippen LogP contribution in [0.1, 0.15) is 72.3 Å². The molecule has 2 N–H and O–H groups in total. The van der Waals surface area contributed by atoms with E-state index in [4.69, 9.17) is 5.73 Å². The Bertz CT molecular complexity index is 659. The maximum atomic E-state index is 5.60. The van der Waals surface area contributed by atoms with Crippen LogP contribution in [0, 0.1) is 6.92 Å². The van der Waals surface area contributed by atoms with Crippen LogP contribution < -0.4 is 5.73 Å². The molecule has 0 aromatic heterocycles. The first-order valence-electron chi connectivity index (χ1n) is 9.67. The molecular formula is C23H31N. The van der Waals surface area contributed by atoms with E-state index in [0.29, 0.717) is 5.92 Å². The van der Waals surface area contributed by atoms with Crippen molar-refractivity contribution in [2.75, 3.05) is 6.54 Å². The third-order valence-corrected chi connectivity index (χ3v) is 5.47. The number of aryl methyl sites for hydroxylation is 3. The Balaban J connectivity index is 1.78. The van der Waals surface area contributed by atoms with E-state index in [1.807, 2.05) is 0 Å². The number of rotatable bonds is 7. The summed E-state index contributed by atoms with van der Waals surface area (Å²) in [4.78, 5) is 0. The van der Waals surface area contributed by atoms with Crippen molar-refractivity contribution < 1.29 is 0 Å². The van der Waals surface area contributed by atoms with Gasteiger partial charge in [-0.15, -0.1) is 0 Å². The summed E-state index contributed by atoms with van der Waals surface area (Å²) in [5.74, 6) is 0.578. The third kappa shape index (κ3) is 4.08. The number of fused-ring (bicyclic) bond motifs is 2. The number of nitrogens with two attached hydrogens (primary N) is 1. The van der Waals surface area contributed by atoms with Crippen LogP contribution in [0.2, 0.25) is 0 Å². The van der Waals surface area contributed by atoms with Crippen LogP contribution >= 0.6 is 0 Å². The molecule has 128 valence electrons. The summed E-state index contributed by atoms with van der Waals surface area (Å²) >= 11 is 0. The van der Waals surface area contributed by atoms with Crippen LogP contribution in [0.25, 0.3) is 0 Å². The molecule has 0 bridgehead atoms. The summed E-state index contributed by atoms with van der Waals surface area (Å²) in [5.41, 5.74) is 13.3. The Morgan fingerprint density at radius 1 is 0.833 bits per heavy atom. The molecule has 1 atom stereocenters. The summed E-state index contributed by atoms with van der Waals surface area (Å²) in [5, 5.41) is 0. The second-order valence-corrected chi connectivity index (χ2v) is 7.30. The van der Waals surface area contributed by atoms with E-state index in [1.165, 1.54) is 56.9 Å². The molecule has 0 saturated carbocycles. The fourth-order valence-corrected chi connectivity index (χ4v) is 4.16. The molecule has 24 heavy (non-hydrogen) atoms. The van der Waals surface area contributed by atoms with Crippen LogP contribution in [0.4, 0.5) is 0 Å². The van der Waals surface area contributed by atoms with Crippen LogP contribution in [-0.4, -0.2) is 6.54 Å². The first kappa shape index (κ1) is 17.2. The number of benzene rings is 2. The lowest BCUT2D eigenvalue weighted by atomic mass is 9.84. The van der Waals surface area contributed by atoms with Gasteiger partial charge in [0.15, 0.2) is 0 Å². The van der Waals surface area contributed by atoms with Crippen molar-refractivity contribution in [2.45, 2.75) is 64.2 Å². The van der Waals surface area contributed by atoms with E-state index in [0.717, 1.165) is 6.54 Å². The van der Waals surface area contributed by atoms with Gasteiger partial charge < -0.3 is 5.73 Å². The van der Waals surface area contributed by atoms with Crippen LogP contribution in [-0.2, 0) is 12.8 Å². The molecule has 0 fully saturated rings. The third-order valence-electron chi connectivity index (χ3n) is 5.47. The molecule has 1 unspecified atom stereocenters. The minimum Gasteiger partial charge on any atom is -0.330 e. The second kappa shape index (κ2) is 8.48. The minimum atomic E-state index is 0.578. The van der Waals surface area contributed by atoms with Gasteiger partial charge in [0.2, 0.25) is 0 Å². The fraction of sp³-hybridized carbons (Fsp3) is 0.478. The minimum absolute atomic E-state index is 0.578. The lowest BCUT2D eigenvalue weighted by Crippen LogP contribution is -2.04. The normalized spacial score (nSPS) is 16.3. The van der Waals surface area contributed by atoms with Gasteiger partial charge in [-0.25, -0.2) is 0 Å². The van der Waals surface area contributed by atoms with Crippen LogP contribution in [0.15, 0.2) is 42.5 Å². The largest absolute Gasteiger partial charge is 0.330 e. The van der Waals surface area contributed by atoms with E-state index in [-0.39, 0.29) is 0 Å². The predicted molar refractivity (Wildman–Crippen MR) is 104 cm³/mol. The van der Waals surface area contributed by atoms with Gasteiger partial charge >= 0.3 is 0 Å². The average molecular weight is 322 g/mol. The van der Waals surface area contributed by atoms with E-state index in [9.17, 15) is 0 Å². The molecule has 0 radical (unpaired) electrons. The lowest BCUT2D eigenvalue weighted by Gasteiger charge is -2.21. The zero-order chi connectivity index (χ0) is 16.8. The SMILES string of the molecule is Cc1ccc2c(c1)CCc1ccccc1C2CCCCCCCN. The maximum absolute atomic E-state index is 5.60. The summed E-state index contributed by atoms with van der Waals surface area (Å²) in [7, 11) is 0. The molecule has 0 spiro atoms. The van der Waals surface area contributed by atoms with E-state index < -0.39 is 0 Å². The van der Waals surface area contributed by atoms with Crippen molar-refractivity contribution in [1.82, 2.24) is 0 Å². The van der Waals surface area contributed by atoms with Crippen LogP contribution in [0.3, 0.4) is 0 Å². The quantitative estimate of drug-likeness (QED) is 0.667. The van der Waals surface area contributed by atoms with E-state index in [2.05, 4.69) is 49.4 Å². The highest BCUT2D eigenvalue weighted by Gasteiger charge is 2.22. The molecule has 2 aromatic carbocycles. The predicted octanol–water partition coefficient (Wildman–Crippen LogP) is 5.52. The number of unbranched alkanes of at least 4 members (excludes halogenated alkanes) is 4. The first-order valence-corrected chi connectivity index (χ1v) is 9.67. The highest BCUT2D eigenvalue weighted by atomic mass is 14.5. The Morgan fingerprint density at radius 3 is 2.42 bits per heavy atom. The Hall–Kier alpha value is -1.60. The van der Waals surface area contributed by atoms with Crippen molar-refractivity contribution in [3.05, 3.63) is 70.3 Å². The summed E-state index contributed by atoms with van der Waals surface area (Å²) in [6.07, 6.45) is 10.1. The first-order chi connectivity index (χ1) is 11.8. The van der Waals surface area contributed by atoms with Gasteiger partial charge in [-0.1, -0.05) is 73.7 Å². The summed E-state index contributed by atoms with van der Waals surface area (Å²) in [6.45, 7) is 3.05. The molecule has 0 heterocycles. The average Bonchev–Trinajstić information content (AvgIpc) is 2.75.